The molecule has 1 saturated heterocycles. The van der Waals surface area contributed by atoms with Crippen LogP contribution in [0.2, 0.25) is 0 Å². The number of ether oxygens (including phenoxy) is 1. The van der Waals surface area contributed by atoms with Crippen LogP contribution >= 0.6 is 0 Å². The molecule has 2 rings (SSSR count). The number of morpholine rings is 1. The maximum atomic E-state index is 11.8. The van der Waals surface area contributed by atoms with Gasteiger partial charge in [0.15, 0.2) is 5.96 Å². The Kier molecular flexibility index (Phi) is 10.6. The van der Waals surface area contributed by atoms with E-state index in [9.17, 15) is 4.79 Å². The van der Waals surface area contributed by atoms with Crippen molar-refractivity contribution in [3.8, 4) is 0 Å². The van der Waals surface area contributed by atoms with E-state index in [1.54, 1.807) is 0 Å². The van der Waals surface area contributed by atoms with Crippen molar-refractivity contribution >= 4 is 17.7 Å². The van der Waals surface area contributed by atoms with Crippen molar-refractivity contribution in [2.75, 3.05) is 44.6 Å². The number of aliphatic imine (C=N–C) groups is 1. The van der Waals surface area contributed by atoms with Gasteiger partial charge in [-0.15, -0.1) is 0 Å². The number of amides is 2. The molecule has 0 saturated carbocycles. The summed E-state index contributed by atoms with van der Waals surface area (Å²) in [6, 6.07) is 7.64. The van der Waals surface area contributed by atoms with Crippen LogP contribution < -0.4 is 21.3 Å². The molecule has 4 N–H and O–H groups in total. The molecule has 0 aliphatic carbocycles. The molecular formula is C23H40N6O2. The number of benzene rings is 1. The van der Waals surface area contributed by atoms with E-state index in [2.05, 4.69) is 46.9 Å². The topological polar surface area (TPSA) is 90.0 Å². The summed E-state index contributed by atoms with van der Waals surface area (Å²) in [7, 11) is 0. The smallest absolute Gasteiger partial charge is 0.319 e. The highest BCUT2D eigenvalue weighted by Crippen LogP contribution is 2.11. The summed E-state index contributed by atoms with van der Waals surface area (Å²) in [5, 5.41) is 12.3. The van der Waals surface area contributed by atoms with E-state index in [1.807, 2.05) is 38.1 Å². The molecule has 1 fully saturated rings. The third kappa shape index (κ3) is 10.0. The van der Waals surface area contributed by atoms with E-state index in [-0.39, 0.29) is 18.2 Å². The molecule has 1 atom stereocenters. The minimum atomic E-state index is -0.198. The first kappa shape index (κ1) is 24.9. The third-order valence-electron chi connectivity index (χ3n) is 4.74. The number of nitrogens with one attached hydrogen (secondary N) is 4. The lowest BCUT2D eigenvalue weighted by Crippen LogP contribution is -2.50. The number of guanidine groups is 1. The normalized spacial score (nSPS) is 17.6. The SMILES string of the molecule is CCNC(=NCc1ccc(NC(=O)NC(C)C)cc1)NCC1CN(CC(C)C)CCO1. The second kappa shape index (κ2) is 13.2. The molecule has 1 heterocycles. The lowest BCUT2D eigenvalue weighted by molar-refractivity contribution is -0.0284. The summed E-state index contributed by atoms with van der Waals surface area (Å²) in [5.41, 5.74) is 1.83. The first-order chi connectivity index (χ1) is 14.9. The maximum Gasteiger partial charge on any atom is 0.319 e. The van der Waals surface area contributed by atoms with Gasteiger partial charge < -0.3 is 26.0 Å². The summed E-state index contributed by atoms with van der Waals surface area (Å²) in [6.45, 7) is 16.3. The predicted octanol–water partition coefficient (Wildman–Crippen LogP) is 2.63. The van der Waals surface area contributed by atoms with Gasteiger partial charge in [0.1, 0.15) is 0 Å². The molecule has 0 bridgehead atoms. The maximum absolute atomic E-state index is 11.8. The lowest BCUT2D eigenvalue weighted by Gasteiger charge is -2.34. The number of carbonyl (C=O) groups excluding carboxylic acids is 1. The highest BCUT2D eigenvalue weighted by molar-refractivity contribution is 5.89. The van der Waals surface area contributed by atoms with Gasteiger partial charge in [0.25, 0.3) is 0 Å². The molecule has 1 unspecified atom stereocenters. The Hall–Kier alpha value is -2.32. The van der Waals surface area contributed by atoms with Crippen molar-refractivity contribution in [2.45, 2.75) is 53.3 Å². The molecule has 0 spiro atoms. The predicted molar refractivity (Wildman–Crippen MR) is 128 cm³/mol. The number of urea groups is 1. The molecule has 8 heteroatoms. The molecule has 1 aliphatic rings. The van der Waals surface area contributed by atoms with Gasteiger partial charge in [-0.05, 0) is 44.4 Å². The molecule has 8 nitrogen and oxygen atoms in total. The fourth-order valence-electron chi connectivity index (χ4n) is 3.43. The number of rotatable bonds is 9. The Labute approximate surface area is 187 Å². The summed E-state index contributed by atoms with van der Waals surface area (Å²) in [6.07, 6.45) is 0.165. The molecule has 2 amide bonds. The van der Waals surface area contributed by atoms with Gasteiger partial charge in [-0.3, -0.25) is 4.90 Å². The highest BCUT2D eigenvalue weighted by atomic mass is 16.5. The van der Waals surface area contributed by atoms with Crippen LogP contribution in [-0.4, -0.2) is 68.4 Å². The summed E-state index contributed by atoms with van der Waals surface area (Å²) in [5.74, 6) is 1.45. The summed E-state index contributed by atoms with van der Waals surface area (Å²) < 4.78 is 5.92. The van der Waals surface area contributed by atoms with E-state index in [0.29, 0.717) is 12.5 Å². The monoisotopic (exact) mass is 432 g/mol. The Bertz CT molecular complexity index is 690. The fraction of sp³-hybridized carbons (Fsp3) is 0.652. The first-order valence-electron chi connectivity index (χ1n) is 11.4. The van der Waals surface area contributed by atoms with E-state index in [1.165, 1.54) is 0 Å². The van der Waals surface area contributed by atoms with Crippen molar-refractivity contribution in [3.05, 3.63) is 29.8 Å². The standard InChI is InChI=1S/C23H40N6O2/c1-6-24-22(26-14-21-16-29(11-12-31-21)15-17(2)3)25-13-19-7-9-20(10-8-19)28-23(30)27-18(4)5/h7-10,17-18,21H,6,11-16H2,1-5H3,(H2,24,25,26)(H2,27,28,30). The average Bonchev–Trinajstić information content (AvgIpc) is 2.70. The van der Waals surface area contributed by atoms with Gasteiger partial charge in [-0.25, -0.2) is 9.79 Å². The lowest BCUT2D eigenvalue weighted by atomic mass is 10.2. The first-order valence-corrected chi connectivity index (χ1v) is 11.4. The van der Waals surface area contributed by atoms with E-state index < -0.39 is 0 Å². The van der Waals surface area contributed by atoms with Gasteiger partial charge in [0.2, 0.25) is 0 Å². The molecule has 1 aromatic carbocycles. The van der Waals surface area contributed by atoms with Crippen LogP contribution in [0.3, 0.4) is 0 Å². The zero-order valence-electron chi connectivity index (χ0n) is 19.7. The van der Waals surface area contributed by atoms with Gasteiger partial charge in [0, 0.05) is 44.5 Å². The van der Waals surface area contributed by atoms with Crippen molar-refractivity contribution in [2.24, 2.45) is 10.9 Å². The van der Waals surface area contributed by atoms with Gasteiger partial charge >= 0.3 is 6.03 Å². The molecular weight excluding hydrogens is 392 g/mol. The van der Waals surface area contributed by atoms with Crippen molar-refractivity contribution in [3.63, 3.8) is 0 Å². The second-order valence-electron chi connectivity index (χ2n) is 8.67. The molecule has 1 aromatic rings. The number of anilines is 1. The van der Waals surface area contributed by atoms with Gasteiger partial charge in [-0.1, -0.05) is 26.0 Å². The molecule has 174 valence electrons. The van der Waals surface area contributed by atoms with Crippen molar-refractivity contribution in [1.82, 2.24) is 20.9 Å². The van der Waals surface area contributed by atoms with Crippen LogP contribution in [0.5, 0.6) is 0 Å². The Balaban J connectivity index is 1.84. The minimum absolute atomic E-state index is 0.0999. The summed E-state index contributed by atoms with van der Waals surface area (Å²) >= 11 is 0. The Morgan fingerprint density at radius 3 is 2.58 bits per heavy atom. The van der Waals surface area contributed by atoms with Crippen LogP contribution in [-0.2, 0) is 11.3 Å². The third-order valence-corrected chi connectivity index (χ3v) is 4.74. The molecule has 0 aromatic heterocycles. The van der Waals surface area contributed by atoms with Crippen LogP contribution in [0.4, 0.5) is 10.5 Å². The minimum Gasteiger partial charge on any atom is -0.374 e. The van der Waals surface area contributed by atoms with Gasteiger partial charge in [-0.2, -0.15) is 0 Å². The Morgan fingerprint density at radius 2 is 1.94 bits per heavy atom. The van der Waals surface area contributed by atoms with Crippen molar-refractivity contribution in [1.29, 1.82) is 0 Å². The van der Waals surface area contributed by atoms with Crippen LogP contribution in [0, 0.1) is 5.92 Å². The number of nitrogens with zero attached hydrogens (tertiary/aromatic N) is 2. The second-order valence-corrected chi connectivity index (χ2v) is 8.67. The fourth-order valence-corrected chi connectivity index (χ4v) is 3.43. The average molecular weight is 433 g/mol. The number of carbonyl (C=O) groups is 1. The highest BCUT2D eigenvalue weighted by Gasteiger charge is 2.21. The zero-order chi connectivity index (χ0) is 22.6. The van der Waals surface area contributed by atoms with Gasteiger partial charge in [0.05, 0.1) is 19.3 Å². The largest absolute Gasteiger partial charge is 0.374 e. The van der Waals surface area contributed by atoms with Crippen LogP contribution in [0.1, 0.15) is 40.2 Å². The summed E-state index contributed by atoms with van der Waals surface area (Å²) in [4.78, 5) is 19.0. The molecule has 1 aliphatic heterocycles. The quantitative estimate of drug-likeness (QED) is 0.356. The number of hydrogen-bond acceptors (Lipinski definition) is 4. The van der Waals surface area contributed by atoms with E-state index in [4.69, 9.17) is 9.73 Å². The zero-order valence-corrected chi connectivity index (χ0v) is 19.7. The van der Waals surface area contributed by atoms with Crippen LogP contribution in [0.15, 0.2) is 29.3 Å². The van der Waals surface area contributed by atoms with E-state index in [0.717, 1.165) is 56.5 Å². The Morgan fingerprint density at radius 1 is 1.19 bits per heavy atom. The van der Waals surface area contributed by atoms with E-state index >= 15 is 0 Å². The van der Waals surface area contributed by atoms with Crippen molar-refractivity contribution < 1.29 is 9.53 Å². The van der Waals surface area contributed by atoms with Crippen LogP contribution in [0.25, 0.3) is 0 Å². The number of hydrogen-bond donors (Lipinski definition) is 4. The molecule has 0 radical (unpaired) electrons. The molecule has 31 heavy (non-hydrogen) atoms.